The molecule has 1 aliphatic carbocycles. The first-order valence-corrected chi connectivity index (χ1v) is 8.92. The third-order valence-corrected chi connectivity index (χ3v) is 4.84. The van der Waals surface area contributed by atoms with E-state index in [0.717, 1.165) is 37.3 Å². The van der Waals surface area contributed by atoms with Gasteiger partial charge in [-0.15, -0.1) is 0 Å². The first kappa shape index (κ1) is 17.7. The zero-order valence-electron chi connectivity index (χ0n) is 13.1. The summed E-state index contributed by atoms with van der Waals surface area (Å²) in [6.07, 6.45) is 3.71. The second kappa shape index (κ2) is 8.83. The van der Waals surface area contributed by atoms with E-state index in [-0.39, 0.29) is 24.8 Å². The molecular formula is C14H27N5O2S. The Hall–Kier alpha value is -0.670. The van der Waals surface area contributed by atoms with Crippen LogP contribution in [0.15, 0.2) is 9.98 Å². The molecule has 0 radical (unpaired) electrons. The van der Waals surface area contributed by atoms with Crippen LogP contribution >= 0.6 is 11.8 Å². The fraction of sp³-hybridized carbons (Fsp3) is 0.857. The lowest BCUT2D eigenvalue weighted by Crippen LogP contribution is -2.55. The third kappa shape index (κ3) is 4.92. The Kier molecular flexibility index (Phi) is 7.10. The normalized spacial score (nSPS) is 31.8. The van der Waals surface area contributed by atoms with Gasteiger partial charge in [-0.05, 0) is 25.7 Å². The molecule has 22 heavy (non-hydrogen) atoms. The lowest BCUT2D eigenvalue weighted by molar-refractivity contribution is 0.0321. The number of hydrogen-bond acceptors (Lipinski definition) is 8. The number of nitrogens with two attached hydrogens (primary N) is 2. The highest BCUT2D eigenvalue weighted by Crippen LogP contribution is 2.23. The number of thioether (sulfide) groups is 1. The molecule has 6 N–H and O–H groups in total. The van der Waals surface area contributed by atoms with Crippen molar-refractivity contribution in [2.24, 2.45) is 21.5 Å². The summed E-state index contributed by atoms with van der Waals surface area (Å²) in [6, 6.07) is -0.0976. The molecule has 2 aliphatic rings. The standard InChI is InChI=1S/C14H27N5O2S/c1-2-7-22-14-18-12(16)11(15)13(19-14)17-9-3-4-10(8-9)21-6-5-20/h9-12,20H,2-8,15-16H2,1H3,(H,17,18,19)/t9-,10+,11?,12?/m0/s1. The first-order chi connectivity index (χ1) is 10.6. The van der Waals surface area contributed by atoms with Gasteiger partial charge in [0.2, 0.25) is 0 Å². The molecule has 0 saturated heterocycles. The van der Waals surface area contributed by atoms with E-state index in [4.69, 9.17) is 21.3 Å². The molecule has 1 heterocycles. The van der Waals surface area contributed by atoms with Crippen LogP contribution in [0.2, 0.25) is 0 Å². The molecule has 4 atom stereocenters. The molecular weight excluding hydrogens is 302 g/mol. The predicted molar refractivity (Wildman–Crippen MR) is 91.2 cm³/mol. The Morgan fingerprint density at radius 1 is 1.41 bits per heavy atom. The highest BCUT2D eigenvalue weighted by atomic mass is 32.2. The van der Waals surface area contributed by atoms with E-state index < -0.39 is 6.17 Å². The van der Waals surface area contributed by atoms with E-state index in [1.165, 1.54) is 0 Å². The van der Waals surface area contributed by atoms with Crippen LogP contribution in [0.5, 0.6) is 0 Å². The molecule has 0 amide bonds. The van der Waals surface area contributed by atoms with Gasteiger partial charge < -0.3 is 26.6 Å². The Morgan fingerprint density at radius 3 is 2.95 bits per heavy atom. The smallest absolute Gasteiger partial charge is 0.186 e. The average molecular weight is 329 g/mol. The number of aliphatic imine (C=N–C) groups is 2. The van der Waals surface area contributed by atoms with Crippen LogP contribution < -0.4 is 16.8 Å². The van der Waals surface area contributed by atoms with E-state index in [0.29, 0.717) is 11.8 Å². The van der Waals surface area contributed by atoms with Gasteiger partial charge in [0, 0.05) is 11.8 Å². The van der Waals surface area contributed by atoms with Crippen LogP contribution in [0.1, 0.15) is 32.6 Å². The van der Waals surface area contributed by atoms with Crippen molar-refractivity contribution in [1.29, 1.82) is 0 Å². The second-order valence-corrected chi connectivity index (χ2v) is 6.71. The van der Waals surface area contributed by atoms with Crippen molar-refractivity contribution in [2.75, 3.05) is 19.0 Å². The van der Waals surface area contributed by atoms with Gasteiger partial charge in [0.1, 0.15) is 12.0 Å². The molecule has 126 valence electrons. The highest BCUT2D eigenvalue weighted by Gasteiger charge is 2.30. The van der Waals surface area contributed by atoms with Gasteiger partial charge in [0.15, 0.2) is 5.17 Å². The number of aliphatic hydroxyl groups is 1. The lowest BCUT2D eigenvalue weighted by Gasteiger charge is -2.26. The number of nitrogens with one attached hydrogen (secondary N) is 1. The minimum absolute atomic E-state index is 0.0650. The molecule has 7 nitrogen and oxygen atoms in total. The fourth-order valence-electron chi connectivity index (χ4n) is 2.62. The SMILES string of the molecule is CCCSC1=NC(N)C(N)C(N[C@H]2CC[C@@H](OCCO)C2)=N1. The number of rotatable bonds is 6. The number of ether oxygens (including phenoxy) is 1. The Balaban J connectivity index is 1.90. The Labute approximate surface area is 136 Å². The molecule has 0 bridgehead atoms. The summed E-state index contributed by atoms with van der Waals surface area (Å²) in [5.41, 5.74) is 12.1. The minimum Gasteiger partial charge on any atom is -0.394 e. The number of aliphatic hydroxyl groups excluding tert-OH is 1. The quantitative estimate of drug-likeness (QED) is 0.546. The predicted octanol–water partition coefficient (Wildman–Crippen LogP) is 0.0294. The summed E-state index contributed by atoms with van der Waals surface area (Å²) in [6.45, 7) is 2.58. The number of hydrogen-bond donors (Lipinski definition) is 4. The van der Waals surface area contributed by atoms with Crippen molar-refractivity contribution in [3.63, 3.8) is 0 Å². The fourth-order valence-corrected chi connectivity index (χ4v) is 3.36. The highest BCUT2D eigenvalue weighted by molar-refractivity contribution is 8.13. The molecule has 0 aromatic carbocycles. The molecule has 8 heteroatoms. The van der Waals surface area contributed by atoms with Crippen LogP contribution in [0.4, 0.5) is 0 Å². The maximum atomic E-state index is 8.81. The monoisotopic (exact) mass is 329 g/mol. The topological polar surface area (TPSA) is 118 Å². The van der Waals surface area contributed by atoms with Crippen molar-refractivity contribution in [2.45, 2.75) is 57.0 Å². The maximum absolute atomic E-state index is 8.81. The van der Waals surface area contributed by atoms with Gasteiger partial charge in [-0.1, -0.05) is 18.7 Å². The molecule has 1 aliphatic heterocycles. The van der Waals surface area contributed by atoms with Crippen molar-refractivity contribution in [3.05, 3.63) is 0 Å². The Morgan fingerprint density at radius 2 is 2.23 bits per heavy atom. The van der Waals surface area contributed by atoms with E-state index in [9.17, 15) is 0 Å². The number of nitrogens with zero attached hydrogens (tertiary/aromatic N) is 2. The molecule has 2 unspecified atom stereocenters. The molecule has 1 fully saturated rings. The molecule has 0 aromatic heterocycles. The van der Waals surface area contributed by atoms with Gasteiger partial charge in [-0.3, -0.25) is 0 Å². The average Bonchev–Trinajstić information content (AvgIpc) is 2.95. The van der Waals surface area contributed by atoms with E-state index in [1.807, 2.05) is 0 Å². The zero-order valence-corrected chi connectivity index (χ0v) is 13.9. The second-order valence-electron chi connectivity index (χ2n) is 5.64. The Bertz CT molecular complexity index is 418. The summed E-state index contributed by atoms with van der Waals surface area (Å²) >= 11 is 1.61. The van der Waals surface area contributed by atoms with Crippen molar-refractivity contribution in [3.8, 4) is 0 Å². The molecule has 0 aromatic rings. The largest absolute Gasteiger partial charge is 0.394 e. The van der Waals surface area contributed by atoms with Crippen LogP contribution in [0, 0.1) is 0 Å². The minimum atomic E-state index is -0.442. The zero-order chi connectivity index (χ0) is 15.9. The van der Waals surface area contributed by atoms with Crippen LogP contribution in [-0.4, -0.2) is 59.4 Å². The number of amidine groups is 2. The molecule has 0 spiro atoms. The van der Waals surface area contributed by atoms with Crippen molar-refractivity contribution in [1.82, 2.24) is 5.32 Å². The van der Waals surface area contributed by atoms with Gasteiger partial charge in [-0.2, -0.15) is 0 Å². The van der Waals surface area contributed by atoms with E-state index in [2.05, 4.69) is 22.2 Å². The van der Waals surface area contributed by atoms with E-state index >= 15 is 0 Å². The van der Waals surface area contributed by atoms with Gasteiger partial charge >= 0.3 is 0 Å². The van der Waals surface area contributed by atoms with Crippen LogP contribution in [0.25, 0.3) is 0 Å². The van der Waals surface area contributed by atoms with Gasteiger partial charge in [0.05, 0.1) is 25.4 Å². The summed E-state index contributed by atoms with van der Waals surface area (Å²) in [7, 11) is 0. The third-order valence-electron chi connectivity index (χ3n) is 3.78. The van der Waals surface area contributed by atoms with Crippen molar-refractivity contribution >= 4 is 22.8 Å². The molecule has 1 saturated carbocycles. The first-order valence-electron chi connectivity index (χ1n) is 7.93. The summed E-state index contributed by atoms with van der Waals surface area (Å²) in [5, 5.41) is 12.9. The van der Waals surface area contributed by atoms with Gasteiger partial charge in [0.25, 0.3) is 0 Å². The lowest BCUT2D eigenvalue weighted by atomic mass is 10.1. The molecule has 2 rings (SSSR count). The summed E-state index contributed by atoms with van der Waals surface area (Å²) in [5.74, 6) is 1.70. The van der Waals surface area contributed by atoms with Crippen LogP contribution in [-0.2, 0) is 4.74 Å². The van der Waals surface area contributed by atoms with E-state index in [1.54, 1.807) is 11.8 Å². The van der Waals surface area contributed by atoms with Crippen LogP contribution in [0.3, 0.4) is 0 Å². The maximum Gasteiger partial charge on any atom is 0.186 e. The van der Waals surface area contributed by atoms with Gasteiger partial charge in [-0.25, -0.2) is 9.98 Å². The van der Waals surface area contributed by atoms with Crippen molar-refractivity contribution < 1.29 is 9.84 Å². The summed E-state index contributed by atoms with van der Waals surface area (Å²) < 4.78 is 5.58. The summed E-state index contributed by atoms with van der Waals surface area (Å²) in [4.78, 5) is 8.87.